The van der Waals surface area contributed by atoms with Crippen LogP contribution in [0.2, 0.25) is 0 Å². The van der Waals surface area contributed by atoms with Gasteiger partial charge < -0.3 is 5.32 Å². The van der Waals surface area contributed by atoms with Gasteiger partial charge in [-0.25, -0.2) is 0 Å². The number of hydrogen-bond acceptors (Lipinski definition) is 4. The number of carbonyl (C=O) groups excluding carboxylic acids is 1. The van der Waals surface area contributed by atoms with Crippen LogP contribution in [0.5, 0.6) is 0 Å². The molecule has 0 spiro atoms. The minimum absolute atomic E-state index is 0.108. The fraction of sp³-hybridized carbons (Fsp3) is 0.538. The summed E-state index contributed by atoms with van der Waals surface area (Å²) in [6.45, 7) is 0.526. The van der Waals surface area contributed by atoms with Crippen LogP contribution < -0.4 is 5.32 Å². The van der Waals surface area contributed by atoms with Crippen molar-refractivity contribution < 1.29 is 4.79 Å². The Hall–Kier alpha value is -0.680. The van der Waals surface area contributed by atoms with Gasteiger partial charge in [0.2, 0.25) is 5.91 Å². The van der Waals surface area contributed by atoms with Gasteiger partial charge in [-0.15, -0.1) is 23.5 Å². The SMILES string of the molecule is O=C(CSC1CCCCS1)NCc1ccccn1. The van der Waals surface area contributed by atoms with Gasteiger partial charge in [0.1, 0.15) is 0 Å². The Bertz CT molecular complexity index is 367. The van der Waals surface area contributed by atoms with Crippen LogP contribution in [0.15, 0.2) is 24.4 Å². The van der Waals surface area contributed by atoms with E-state index < -0.39 is 0 Å². The first kappa shape index (κ1) is 13.7. The van der Waals surface area contributed by atoms with Crippen molar-refractivity contribution in [3.63, 3.8) is 0 Å². The molecule has 0 bridgehead atoms. The van der Waals surface area contributed by atoms with Crippen molar-refractivity contribution in [2.75, 3.05) is 11.5 Å². The van der Waals surface area contributed by atoms with E-state index in [0.717, 1.165) is 5.69 Å². The Morgan fingerprint density at radius 3 is 3.17 bits per heavy atom. The summed E-state index contributed by atoms with van der Waals surface area (Å²) in [6.07, 6.45) is 5.62. The minimum Gasteiger partial charge on any atom is -0.350 e. The molecule has 1 atom stereocenters. The highest BCUT2D eigenvalue weighted by atomic mass is 32.2. The lowest BCUT2D eigenvalue weighted by Crippen LogP contribution is -2.26. The third kappa shape index (κ3) is 4.90. The van der Waals surface area contributed by atoms with Gasteiger partial charge in [-0.3, -0.25) is 9.78 Å². The van der Waals surface area contributed by atoms with Crippen molar-refractivity contribution in [2.45, 2.75) is 30.4 Å². The molecule has 5 heteroatoms. The van der Waals surface area contributed by atoms with Gasteiger partial charge in [-0.1, -0.05) is 12.5 Å². The minimum atomic E-state index is 0.108. The highest BCUT2D eigenvalue weighted by Gasteiger charge is 2.15. The summed E-state index contributed by atoms with van der Waals surface area (Å²) < 4.78 is 0.611. The monoisotopic (exact) mass is 282 g/mol. The van der Waals surface area contributed by atoms with E-state index in [1.165, 1.54) is 25.0 Å². The first-order valence-electron chi connectivity index (χ1n) is 6.24. The largest absolute Gasteiger partial charge is 0.350 e. The lowest BCUT2D eigenvalue weighted by Gasteiger charge is -2.20. The van der Waals surface area contributed by atoms with E-state index >= 15 is 0 Å². The van der Waals surface area contributed by atoms with Crippen LogP contribution >= 0.6 is 23.5 Å². The highest BCUT2D eigenvalue weighted by molar-refractivity contribution is 8.17. The fourth-order valence-corrected chi connectivity index (χ4v) is 4.37. The summed E-state index contributed by atoms with van der Waals surface area (Å²) >= 11 is 3.76. The standard InChI is InChI=1S/C13H18N2OS2/c16-12(10-18-13-6-2-4-8-17-13)15-9-11-5-1-3-7-14-11/h1,3,5,7,13H,2,4,6,8-10H2,(H,15,16). The maximum Gasteiger partial charge on any atom is 0.230 e. The van der Waals surface area contributed by atoms with Crippen molar-refractivity contribution in [1.82, 2.24) is 10.3 Å². The topological polar surface area (TPSA) is 42.0 Å². The Kier molecular flexibility index (Phi) is 5.87. The van der Waals surface area contributed by atoms with Crippen LogP contribution in [0, 0.1) is 0 Å². The van der Waals surface area contributed by atoms with Gasteiger partial charge in [-0.05, 0) is 30.7 Å². The van der Waals surface area contributed by atoms with Gasteiger partial charge in [0, 0.05) is 6.20 Å². The first-order chi connectivity index (χ1) is 8.84. The smallest absolute Gasteiger partial charge is 0.230 e. The molecule has 2 heterocycles. The number of nitrogens with one attached hydrogen (secondary N) is 1. The van der Waals surface area contributed by atoms with E-state index in [0.29, 0.717) is 16.9 Å². The van der Waals surface area contributed by atoms with E-state index in [9.17, 15) is 4.79 Å². The molecule has 1 aliphatic rings. The average molecular weight is 282 g/mol. The molecular weight excluding hydrogens is 264 g/mol. The molecule has 1 fully saturated rings. The predicted octanol–water partition coefficient (Wildman–Crippen LogP) is 2.67. The van der Waals surface area contributed by atoms with Crippen LogP contribution in [-0.4, -0.2) is 27.0 Å². The number of hydrogen-bond donors (Lipinski definition) is 1. The van der Waals surface area contributed by atoms with Crippen molar-refractivity contribution in [3.05, 3.63) is 30.1 Å². The number of thioether (sulfide) groups is 2. The number of nitrogens with zero attached hydrogens (tertiary/aromatic N) is 1. The van der Waals surface area contributed by atoms with Crippen LogP contribution in [0.4, 0.5) is 0 Å². The second-order valence-electron chi connectivity index (χ2n) is 4.20. The summed E-state index contributed by atoms with van der Waals surface area (Å²) in [5.41, 5.74) is 0.905. The molecule has 1 aliphatic heterocycles. The average Bonchev–Trinajstić information content (AvgIpc) is 2.45. The molecule has 2 rings (SSSR count). The van der Waals surface area contributed by atoms with Crippen molar-refractivity contribution in [2.24, 2.45) is 0 Å². The predicted molar refractivity (Wildman–Crippen MR) is 78.6 cm³/mol. The fourth-order valence-electron chi connectivity index (χ4n) is 1.75. The van der Waals surface area contributed by atoms with Crippen molar-refractivity contribution in [3.8, 4) is 0 Å². The van der Waals surface area contributed by atoms with Crippen LogP contribution in [0.25, 0.3) is 0 Å². The second kappa shape index (κ2) is 7.69. The molecular formula is C13H18N2OS2. The summed E-state index contributed by atoms with van der Waals surface area (Å²) in [7, 11) is 0. The summed E-state index contributed by atoms with van der Waals surface area (Å²) in [5, 5.41) is 2.91. The molecule has 0 saturated carbocycles. The Balaban J connectivity index is 1.63. The first-order valence-corrected chi connectivity index (χ1v) is 8.34. The lowest BCUT2D eigenvalue weighted by atomic mass is 10.3. The zero-order chi connectivity index (χ0) is 12.6. The molecule has 0 aromatic carbocycles. The molecule has 98 valence electrons. The molecule has 1 unspecified atom stereocenters. The number of amides is 1. The Labute approximate surface area is 117 Å². The molecule has 1 amide bonds. The third-order valence-electron chi connectivity index (χ3n) is 2.73. The van der Waals surface area contributed by atoms with Gasteiger partial charge in [0.05, 0.1) is 22.6 Å². The number of pyridine rings is 1. The molecule has 1 aromatic rings. The van der Waals surface area contributed by atoms with Gasteiger partial charge in [0.25, 0.3) is 0 Å². The maximum absolute atomic E-state index is 11.7. The highest BCUT2D eigenvalue weighted by Crippen LogP contribution is 2.33. The number of aromatic nitrogens is 1. The maximum atomic E-state index is 11.7. The third-order valence-corrected chi connectivity index (χ3v) is 5.72. The molecule has 0 radical (unpaired) electrons. The van der Waals surface area contributed by atoms with E-state index in [1.807, 2.05) is 30.0 Å². The molecule has 1 aromatic heterocycles. The quantitative estimate of drug-likeness (QED) is 0.901. The molecule has 0 aliphatic carbocycles. The molecule has 18 heavy (non-hydrogen) atoms. The van der Waals surface area contributed by atoms with E-state index in [1.54, 1.807) is 18.0 Å². The molecule has 1 saturated heterocycles. The Morgan fingerprint density at radius 1 is 1.50 bits per heavy atom. The molecule has 3 nitrogen and oxygen atoms in total. The normalized spacial score (nSPS) is 19.4. The summed E-state index contributed by atoms with van der Waals surface area (Å²) in [6, 6.07) is 5.73. The second-order valence-corrected chi connectivity index (χ2v) is 7.00. The van der Waals surface area contributed by atoms with E-state index in [-0.39, 0.29) is 5.91 Å². The number of rotatable bonds is 5. The van der Waals surface area contributed by atoms with Gasteiger partial charge in [0.15, 0.2) is 0 Å². The lowest BCUT2D eigenvalue weighted by molar-refractivity contribution is -0.118. The zero-order valence-electron chi connectivity index (χ0n) is 10.3. The van der Waals surface area contributed by atoms with E-state index in [4.69, 9.17) is 0 Å². The van der Waals surface area contributed by atoms with Crippen molar-refractivity contribution >= 4 is 29.4 Å². The van der Waals surface area contributed by atoms with Gasteiger partial charge in [-0.2, -0.15) is 0 Å². The number of carbonyl (C=O) groups is 1. The van der Waals surface area contributed by atoms with Crippen molar-refractivity contribution in [1.29, 1.82) is 0 Å². The van der Waals surface area contributed by atoms with Crippen LogP contribution in [0.3, 0.4) is 0 Å². The molecule has 1 N–H and O–H groups in total. The van der Waals surface area contributed by atoms with Crippen LogP contribution in [0.1, 0.15) is 25.0 Å². The zero-order valence-corrected chi connectivity index (χ0v) is 11.9. The van der Waals surface area contributed by atoms with E-state index in [2.05, 4.69) is 10.3 Å². The summed E-state index contributed by atoms with van der Waals surface area (Å²) in [5.74, 6) is 1.91. The van der Waals surface area contributed by atoms with Gasteiger partial charge >= 0.3 is 0 Å². The summed E-state index contributed by atoms with van der Waals surface area (Å²) in [4.78, 5) is 15.9. The Morgan fingerprint density at radius 2 is 2.44 bits per heavy atom. The van der Waals surface area contributed by atoms with Crippen LogP contribution in [-0.2, 0) is 11.3 Å².